The average molecular weight is 420 g/mol. The molecule has 4 amide bonds. The Morgan fingerprint density at radius 3 is 2.83 bits per heavy atom. The highest BCUT2D eigenvalue weighted by Gasteiger charge is 2.48. The fourth-order valence-electron chi connectivity index (χ4n) is 3.72. The number of carbonyl (C=O) groups is 3. The van der Waals surface area contributed by atoms with Gasteiger partial charge in [0.15, 0.2) is 0 Å². The molecule has 3 atom stereocenters. The van der Waals surface area contributed by atoms with Crippen LogP contribution in [-0.4, -0.2) is 47.4 Å². The Hall–Kier alpha value is -3.01. The van der Waals surface area contributed by atoms with Gasteiger partial charge in [-0.25, -0.2) is 13.6 Å². The highest BCUT2D eigenvalue weighted by atomic mass is 32.1. The minimum atomic E-state index is -0.907. The number of thiophene rings is 1. The Balaban J connectivity index is 1.40. The van der Waals surface area contributed by atoms with E-state index < -0.39 is 35.8 Å². The smallest absolute Gasteiger partial charge is 0.319 e. The van der Waals surface area contributed by atoms with Crippen LogP contribution >= 0.6 is 11.3 Å². The predicted octanol–water partition coefficient (Wildman–Crippen LogP) is 1.86. The number of nitrogens with zero attached hydrogens (tertiary/aromatic N) is 1. The maximum atomic E-state index is 13.7. The first-order valence-corrected chi connectivity index (χ1v) is 9.96. The summed E-state index contributed by atoms with van der Waals surface area (Å²) in [6.45, 7) is 0.341. The van der Waals surface area contributed by atoms with Crippen LogP contribution in [0.15, 0.2) is 35.7 Å². The van der Waals surface area contributed by atoms with Gasteiger partial charge in [-0.2, -0.15) is 0 Å². The molecule has 0 bridgehead atoms. The normalized spacial score (nSPS) is 23.5. The molecule has 2 aliphatic rings. The van der Waals surface area contributed by atoms with Crippen LogP contribution in [0.1, 0.15) is 11.3 Å². The van der Waals surface area contributed by atoms with Gasteiger partial charge in [0, 0.05) is 23.9 Å². The number of hydrogen-bond donors (Lipinski definition) is 3. The van der Waals surface area contributed by atoms with Gasteiger partial charge in [0.1, 0.15) is 23.7 Å². The van der Waals surface area contributed by atoms with Crippen molar-refractivity contribution < 1.29 is 23.2 Å². The molecule has 2 aliphatic heterocycles. The van der Waals surface area contributed by atoms with E-state index in [1.807, 2.05) is 17.5 Å². The third-order valence-corrected chi connectivity index (χ3v) is 5.94. The SMILES string of the molecule is O=C(Nc1ccc(F)cc1F)N[C@H]1CCN2C(=O)[C@H](Cc3cccs3)NC(=O)[C@H]12. The summed E-state index contributed by atoms with van der Waals surface area (Å²) in [6, 6.07) is 3.81. The molecule has 2 fully saturated rings. The zero-order valence-electron chi connectivity index (χ0n) is 15.2. The highest BCUT2D eigenvalue weighted by molar-refractivity contribution is 7.09. The molecule has 0 aliphatic carbocycles. The van der Waals surface area contributed by atoms with Crippen LogP contribution in [-0.2, 0) is 16.0 Å². The quantitative estimate of drug-likeness (QED) is 0.705. The van der Waals surface area contributed by atoms with Gasteiger partial charge >= 0.3 is 6.03 Å². The number of piperazine rings is 1. The number of carbonyl (C=O) groups excluding carboxylic acids is 3. The largest absolute Gasteiger partial charge is 0.342 e. The lowest BCUT2D eigenvalue weighted by atomic mass is 10.0. The molecule has 1 aromatic heterocycles. The minimum absolute atomic E-state index is 0.182. The van der Waals surface area contributed by atoms with Crippen molar-refractivity contribution in [1.82, 2.24) is 15.5 Å². The summed E-state index contributed by atoms with van der Waals surface area (Å²) in [5.74, 6) is -2.18. The molecule has 7 nitrogen and oxygen atoms in total. The monoisotopic (exact) mass is 420 g/mol. The second-order valence-electron chi connectivity index (χ2n) is 6.94. The van der Waals surface area contributed by atoms with E-state index in [9.17, 15) is 23.2 Å². The highest BCUT2D eigenvalue weighted by Crippen LogP contribution is 2.25. The van der Waals surface area contributed by atoms with Crippen molar-refractivity contribution in [1.29, 1.82) is 0 Å². The van der Waals surface area contributed by atoms with Gasteiger partial charge in [0.2, 0.25) is 11.8 Å². The van der Waals surface area contributed by atoms with E-state index in [0.29, 0.717) is 25.5 Å². The van der Waals surface area contributed by atoms with Crippen LogP contribution in [0.2, 0.25) is 0 Å². The van der Waals surface area contributed by atoms with Crippen LogP contribution in [0, 0.1) is 11.6 Å². The van der Waals surface area contributed by atoms with Gasteiger partial charge in [-0.15, -0.1) is 11.3 Å². The number of amides is 4. The van der Waals surface area contributed by atoms with E-state index in [0.717, 1.165) is 17.0 Å². The van der Waals surface area contributed by atoms with Gasteiger partial charge in [0.05, 0.1) is 11.7 Å². The Kier molecular flexibility index (Phi) is 5.18. The summed E-state index contributed by atoms with van der Waals surface area (Å²) >= 11 is 1.52. The van der Waals surface area contributed by atoms with Gasteiger partial charge in [-0.1, -0.05) is 6.07 Å². The van der Waals surface area contributed by atoms with Crippen molar-refractivity contribution in [3.05, 3.63) is 52.2 Å². The van der Waals surface area contributed by atoms with Crippen LogP contribution in [0.5, 0.6) is 0 Å². The summed E-state index contributed by atoms with van der Waals surface area (Å²) in [4.78, 5) is 40.1. The number of anilines is 1. The van der Waals surface area contributed by atoms with E-state index >= 15 is 0 Å². The second-order valence-corrected chi connectivity index (χ2v) is 7.97. The first-order chi connectivity index (χ1) is 13.9. The van der Waals surface area contributed by atoms with Crippen LogP contribution in [0.4, 0.5) is 19.3 Å². The summed E-state index contributed by atoms with van der Waals surface area (Å²) in [7, 11) is 0. The molecule has 29 heavy (non-hydrogen) atoms. The van der Waals surface area contributed by atoms with Crippen molar-refractivity contribution in [2.45, 2.75) is 31.0 Å². The third-order valence-electron chi connectivity index (χ3n) is 5.05. The van der Waals surface area contributed by atoms with E-state index in [2.05, 4.69) is 16.0 Å². The fourth-order valence-corrected chi connectivity index (χ4v) is 4.47. The molecule has 10 heteroatoms. The molecule has 0 radical (unpaired) electrons. The Morgan fingerprint density at radius 1 is 1.28 bits per heavy atom. The topological polar surface area (TPSA) is 90.5 Å². The van der Waals surface area contributed by atoms with Crippen molar-refractivity contribution in [2.24, 2.45) is 0 Å². The van der Waals surface area contributed by atoms with Crippen molar-refractivity contribution in [3.8, 4) is 0 Å². The summed E-state index contributed by atoms with van der Waals surface area (Å²) in [6.07, 6.45) is 0.822. The molecule has 152 valence electrons. The number of halogens is 2. The fraction of sp³-hybridized carbons (Fsp3) is 0.316. The first kappa shape index (κ1) is 19.3. The predicted molar refractivity (Wildman–Crippen MR) is 102 cm³/mol. The standard InChI is InChI=1S/C19H18F2N4O3S/c20-10-3-4-13(12(21)8-10)23-19(28)24-14-5-6-25-16(14)17(26)22-15(18(25)27)9-11-2-1-7-29-11/h1-4,7-8,14-16H,5-6,9H2,(H,22,26)(H2,23,24,28)/t14-,15-,16-/m0/s1. The lowest BCUT2D eigenvalue weighted by Gasteiger charge is -2.36. The molecule has 3 N–H and O–H groups in total. The van der Waals surface area contributed by atoms with E-state index in [-0.39, 0.29) is 17.5 Å². The maximum absolute atomic E-state index is 13.7. The van der Waals surface area contributed by atoms with E-state index in [1.165, 1.54) is 16.2 Å². The lowest BCUT2D eigenvalue weighted by Crippen LogP contribution is -2.65. The molecule has 0 spiro atoms. The molecule has 4 rings (SSSR count). The van der Waals surface area contributed by atoms with Crippen molar-refractivity contribution in [3.63, 3.8) is 0 Å². The number of hydrogen-bond acceptors (Lipinski definition) is 4. The summed E-state index contributed by atoms with van der Waals surface area (Å²) in [5.41, 5.74) is -0.182. The number of rotatable bonds is 4. The van der Waals surface area contributed by atoms with E-state index in [1.54, 1.807) is 0 Å². The van der Waals surface area contributed by atoms with Crippen LogP contribution in [0.3, 0.4) is 0 Å². The Morgan fingerprint density at radius 2 is 2.10 bits per heavy atom. The lowest BCUT2D eigenvalue weighted by molar-refractivity contribution is -0.147. The zero-order chi connectivity index (χ0) is 20.5. The number of urea groups is 1. The Bertz CT molecular complexity index is 953. The summed E-state index contributed by atoms with van der Waals surface area (Å²) in [5, 5.41) is 9.57. The van der Waals surface area contributed by atoms with Gasteiger partial charge < -0.3 is 20.9 Å². The van der Waals surface area contributed by atoms with Gasteiger partial charge in [0.25, 0.3) is 0 Å². The van der Waals surface area contributed by atoms with Gasteiger partial charge in [-0.05, 0) is 30.0 Å². The number of benzene rings is 1. The van der Waals surface area contributed by atoms with Crippen molar-refractivity contribution in [2.75, 3.05) is 11.9 Å². The van der Waals surface area contributed by atoms with E-state index in [4.69, 9.17) is 0 Å². The Labute approximate surface area is 169 Å². The molecule has 0 saturated carbocycles. The molecule has 2 aromatic rings. The molecular formula is C19H18F2N4O3S. The number of nitrogens with one attached hydrogen (secondary N) is 3. The van der Waals surface area contributed by atoms with Crippen LogP contribution < -0.4 is 16.0 Å². The molecule has 2 saturated heterocycles. The maximum Gasteiger partial charge on any atom is 0.319 e. The second kappa shape index (κ2) is 7.78. The van der Waals surface area contributed by atoms with Crippen LogP contribution in [0.25, 0.3) is 0 Å². The average Bonchev–Trinajstić information content (AvgIpc) is 3.32. The molecular weight excluding hydrogens is 402 g/mol. The number of fused-ring (bicyclic) bond motifs is 1. The molecule has 0 unspecified atom stereocenters. The van der Waals surface area contributed by atoms with Gasteiger partial charge in [-0.3, -0.25) is 9.59 Å². The molecule has 1 aromatic carbocycles. The molecule has 3 heterocycles. The minimum Gasteiger partial charge on any atom is -0.342 e. The zero-order valence-corrected chi connectivity index (χ0v) is 16.0. The summed E-state index contributed by atoms with van der Waals surface area (Å²) < 4.78 is 26.7. The third kappa shape index (κ3) is 3.93. The first-order valence-electron chi connectivity index (χ1n) is 9.08. The van der Waals surface area contributed by atoms with Crippen molar-refractivity contribution >= 4 is 34.9 Å².